The SMILES string of the molecule is CCN(CC)c1ccc(-n2c(C)cc(C3C(c4ccccn4)NC(=S)N3c3cccc(C)c3)c2C)cc1. The van der Waals surface area contributed by atoms with Crippen LogP contribution in [0.2, 0.25) is 0 Å². The normalized spacial score (nSPS) is 17.2. The number of rotatable bonds is 7. The van der Waals surface area contributed by atoms with E-state index in [2.05, 4.69) is 115 Å². The predicted octanol–water partition coefficient (Wildman–Crippen LogP) is 6.82. The molecule has 2 atom stereocenters. The van der Waals surface area contributed by atoms with E-state index in [1.165, 1.54) is 33.9 Å². The van der Waals surface area contributed by atoms with Gasteiger partial charge in [0.25, 0.3) is 0 Å². The van der Waals surface area contributed by atoms with Gasteiger partial charge in [-0.15, -0.1) is 0 Å². The molecule has 0 spiro atoms. The molecule has 2 unspecified atom stereocenters. The highest BCUT2D eigenvalue weighted by molar-refractivity contribution is 7.80. The van der Waals surface area contributed by atoms with Crippen LogP contribution in [0.5, 0.6) is 0 Å². The number of nitrogens with one attached hydrogen (secondary N) is 1. The van der Waals surface area contributed by atoms with E-state index in [0.29, 0.717) is 0 Å². The van der Waals surface area contributed by atoms with Crippen molar-refractivity contribution in [1.29, 1.82) is 0 Å². The van der Waals surface area contributed by atoms with Crippen LogP contribution in [0.1, 0.15) is 54.1 Å². The van der Waals surface area contributed by atoms with Gasteiger partial charge in [0.15, 0.2) is 5.11 Å². The van der Waals surface area contributed by atoms with Crippen molar-refractivity contribution in [3.63, 3.8) is 0 Å². The Kier molecular flexibility index (Phi) is 7.02. The molecule has 1 N–H and O–H groups in total. The molecule has 2 aromatic heterocycles. The van der Waals surface area contributed by atoms with Crippen LogP contribution in [-0.2, 0) is 0 Å². The Morgan fingerprint density at radius 3 is 2.30 bits per heavy atom. The summed E-state index contributed by atoms with van der Waals surface area (Å²) < 4.78 is 2.35. The fraction of sp³-hybridized carbons (Fsp3) is 0.290. The molecule has 0 aliphatic carbocycles. The fourth-order valence-electron chi connectivity index (χ4n) is 5.61. The molecule has 1 fully saturated rings. The van der Waals surface area contributed by atoms with Gasteiger partial charge in [0.2, 0.25) is 0 Å². The quantitative estimate of drug-likeness (QED) is 0.277. The third-order valence-electron chi connectivity index (χ3n) is 7.40. The summed E-state index contributed by atoms with van der Waals surface area (Å²) in [5.41, 5.74) is 9.36. The van der Waals surface area contributed by atoms with Crippen LogP contribution in [0, 0.1) is 20.8 Å². The minimum atomic E-state index is -0.0618. The number of aromatic nitrogens is 2. The monoisotopic (exact) mass is 509 g/mol. The Balaban J connectivity index is 1.61. The average Bonchev–Trinajstić information content (AvgIpc) is 3.40. The minimum Gasteiger partial charge on any atom is -0.372 e. The van der Waals surface area contributed by atoms with Crippen molar-refractivity contribution in [3.05, 3.63) is 107 Å². The van der Waals surface area contributed by atoms with Crippen molar-refractivity contribution >= 4 is 28.7 Å². The summed E-state index contributed by atoms with van der Waals surface area (Å²) in [4.78, 5) is 9.34. The van der Waals surface area contributed by atoms with E-state index in [1.807, 2.05) is 18.3 Å². The van der Waals surface area contributed by atoms with Crippen LogP contribution in [0.4, 0.5) is 11.4 Å². The van der Waals surface area contributed by atoms with Gasteiger partial charge in [-0.2, -0.15) is 0 Å². The van der Waals surface area contributed by atoms with Crippen LogP contribution in [0.15, 0.2) is 79.0 Å². The van der Waals surface area contributed by atoms with Gasteiger partial charge in [0.1, 0.15) is 0 Å². The van der Waals surface area contributed by atoms with Gasteiger partial charge >= 0.3 is 0 Å². The Morgan fingerprint density at radius 1 is 0.892 bits per heavy atom. The molecule has 2 aromatic carbocycles. The maximum atomic E-state index is 5.93. The van der Waals surface area contributed by atoms with Crippen molar-refractivity contribution in [2.24, 2.45) is 0 Å². The van der Waals surface area contributed by atoms with Crippen LogP contribution in [-0.4, -0.2) is 27.8 Å². The van der Waals surface area contributed by atoms with Gasteiger partial charge in [0.05, 0.1) is 17.8 Å². The highest BCUT2D eigenvalue weighted by Gasteiger charge is 2.42. The highest BCUT2D eigenvalue weighted by Crippen LogP contribution is 2.43. The first-order valence-electron chi connectivity index (χ1n) is 13.0. The number of aryl methyl sites for hydroxylation is 2. The first-order chi connectivity index (χ1) is 17.9. The van der Waals surface area contributed by atoms with Gasteiger partial charge in [-0.1, -0.05) is 18.2 Å². The molecule has 5 rings (SSSR count). The van der Waals surface area contributed by atoms with Crippen molar-refractivity contribution in [1.82, 2.24) is 14.9 Å². The second-order valence-electron chi connectivity index (χ2n) is 9.69. The number of nitrogens with zero attached hydrogens (tertiary/aromatic N) is 4. The second-order valence-corrected chi connectivity index (χ2v) is 10.1. The summed E-state index contributed by atoms with van der Waals surface area (Å²) in [5, 5.41) is 4.32. The van der Waals surface area contributed by atoms with Gasteiger partial charge in [0, 0.05) is 47.7 Å². The molecule has 1 aliphatic rings. The first-order valence-corrected chi connectivity index (χ1v) is 13.4. The van der Waals surface area contributed by atoms with Crippen molar-refractivity contribution in [3.8, 4) is 5.69 Å². The summed E-state index contributed by atoms with van der Waals surface area (Å²) >= 11 is 5.93. The second kappa shape index (κ2) is 10.4. The maximum absolute atomic E-state index is 5.93. The molecule has 1 aliphatic heterocycles. The lowest BCUT2D eigenvalue weighted by atomic mass is 9.96. The highest BCUT2D eigenvalue weighted by atomic mass is 32.1. The van der Waals surface area contributed by atoms with Gasteiger partial charge in [-0.25, -0.2) is 0 Å². The third kappa shape index (κ3) is 4.62. The standard InChI is InChI=1S/C31H35N5S/c1-6-34(7-2)24-14-16-25(17-15-24)35-22(4)20-27(23(35)5)30-29(28-13-8-9-18-32-28)33-31(37)36(30)26-12-10-11-21(3)19-26/h8-20,29-30H,6-7H2,1-5H3,(H,33,37). The summed E-state index contributed by atoms with van der Waals surface area (Å²) in [7, 11) is 0. The van der Waals surface area contributed by atoms with E-state index < -0.39 is 0 Å². The fourth-order valence-corrected chi connectivity index (χ4v) is 5.96. The van der Waals surface area contributed by atoms with E-state index >= 15 is 0 Å². The van der Waals surface area contributed by atoms with Crippen LogP contribution in [0.3, 0.4) is 0 Å². The molecule has 1 saturated heterocycles. The van der Waals surface area contributed by atoms with Gasteiger partial charge in [-0.3, -0.25) is 4.98 Å². The topological polar surface area (TPSA) is 36.3 Å². The molecule has 190 valence electrons. The van der Waals surface area contributed by atoms with Crippen molar-refractivity contribution < 1.29 is 0 Å². The zero-order valence-electron chi connectivity index (χ0n) is 22.3. The Morgan fingerprint density at radius 2 is 1.65 bits per heavy atom. The summed E-state index contributed by atoms with van der Waals surface area (Å²) in [6.07, 6.45) is 1.85. The third-order valence-corrected chi connectivity index (χ3v) is 7.72. The summed E-state index contributed by atoms with van der Waals surface area (Å²) in [6, 6.07) is 25.8. The number of pyridine rings is 1. The van der Waals surface area contributed by atoms with E-state index in [9.17, 15) is 0 Å². The molecule has 4 aromatic rings. The van der Waals surface area contributed by atoms with Crippen LogP contribution >= 0.6 is 12.2 Å². The molecule has 37 heavy (non-hydrogen) atoms. The molecule has 0 amide bonds. The molecular formula is C31H35N5S. The largest absolute Gasteiger partial charge is 0.372 e. The molecule has 3 heterocycles. The first kappa shape index (κ1) is 25.0. The zero-order valence-corrected chi connectivity index (χ0v) is 23.1. The van der Waals surface area contributed by atoms with E-state index in [4.69, 9.17) is 17.2 Å². The smallest absolute Gasteiger partial charge is 0.174 e. The lowest BCUT2D eigenvalue weighted by molar-refractivity contribution is 0.565. The Labute approximate surface area is 225 Å². The van der Waals surface area contributed by atoms with Crippen LogP contribution < -0.4 is 15.1 Å². The van der Waals surface area contributed by atoms with Crippen molar-refractivity contribution in [2.75, 3.05) is 22.9 Å². The van der Waals surface area contributed by atoms with E-state index in [-0.39, 0.29) is 12.1 Å². The maximum Gasteiger partial charge on any atom is 0.174 e. The van der Waals surface area contributed by atoms with Crippen molar-refractivity contribution in [2.45, 2.75) is 46.7 Å². The number of benzene rings is 2. The Hall–Kier alpha value is -3.64. The van der Waals surface area contributed by atoms with E-state index in [0.717, 1.165) is 29.6 Å². The minimum absolute atomic E-state index is 0.0286. The molecule has 0 radical (unpaired) electrons. The number of anilines is 2. The zero-order chi connectivity index (χ0) is 26.1. The molecular weight excluding hydrogens is 474 g/mol. The molecule has 0 saturated carbocycles. The van der Waals surface area contributed by atoms with Crippen LogP contribution in [0.25, 0.3) is 5.69 Å². The lowest BCUT2D eigenvalue weighted by Crippen LogP contribution is -2.29. The summed E-state index contributed by atoms with van der Waals surface area (Å²) in [6.45, 7) is 12.9. The number of thiocarbonyl (C=S) groups is 1. The molecule has 6 heteroatoms. The summed E-state index contributed by atoms with van der Waals surface area (Å²) in [5.74, 6) is 0. The molecule has 5 nitrogen and oxygen atoms in total. The van der Waals surface area contributed by atoms with Gasteiger partial charge in [-0.05, 0) is 113 Å². The average molecular weight is 510 g/mol. The number of hydrogen-bond donors (Lipinski definition) is 1. The predicted molar refractivity (Wildman–Crippen MR) is 158 cm³/mol. The van der Waals surface area contributed by atoms with Gasteiger partial charge < -0.3 is 19.7 Å². The van der Waals surface area contributed by atoms with E-state index in [1.54, 1.807) is 0 Å². The molecule has 0 bridgehead atoms. The number of hydrogen-bond acceptors (Lipinski definition) is 3. The Bertz CT molecular complexity index is 1390. The lowest BCUT2D eigenvalue weighted by Gasteiger charge is -2.28.